The molecule has 0 aromatic heterocycles. The van der Waals surface area contributed by atoms with Gasteiger partial charge in [0.2, 0.25) is 5.91 Å². The Morgan fingerprint density at radius 3 is 2.35 bits per heavy atom. The number of aryl methyl sites for hydroxylation is 1. The molecule has 1 N–H and O–H groups in total. The Kier molecular flexibility index (Phi) is 7.31. The first-order valence-corrected chi connectivity index (χ1v) is 11.5. The smallest absolute Gasteiger partial charge is 0.264 e. The van der Waals surface area contributed by atoms with Gasteiger partial charge in [-0.2, -0.15) is 0 Å². The van der Waals surface area contributed by atoms with Crippen LogP contribution in [-0.2, 0) is 21.4 Å². The van der Waals surface area contributed by atoms with Crippen molar-refractivity contribution in [3.8, 4) is 5.75 Å². The number of benzene rings is 3. The zero-order chi connectivity index (χ0) is 22.3. The first-order valence-electron chi connectivity index (χ1n) is 10.0. The van der Waals surface area contributed by atoms with Crippen LogP contribution in [0.15, 0.2) is 83.8 Å². The maximum absolute atomic E-state index is 13.3. The number of carbonyl (C=O) groups excluding carboxylic acids is 1. The average molecular weight is 439 g/mol. The van der Waals surface area contributed by atoms with Crippen molar-refractivity contribution in [1.82, 2.24) is 5.32 Å². The standard InChI is InChI=1S/C24H26N2O4S/c1-3-30-22-9-7-8-20(16-22)17-25-24(27)18-26(21-14-12-19(2)13-15-21)31(28,29)23-10-5-4-6-11-23/h4-16H,3,17-18H2,1-2H3,(H,25,27). The second-order valence-electron chi connectivity index (χ2n) is 7.02. The highest BCUT2D eigenvalue weighted by Gasteiger charge is 2.27. The lowest BCUT2D eigenvalue weighted by Gasteiger charge is -2.24. The summed E-state index contributed by atoms with van der Waals surface area (Å²) in [7, 11) is -3.91. The van der Waals surface area contributed by atoms with E-state index in [2.05, 4.69) is 5.32 Å². The number of rotatable bonds is 9. The molecule has 0 heterocycles. The van der Waals surface area contributed by atoms with Crippen LogP contribution in [0.5, 0.6) is 5.75 Å². The van der Waals surface area contributed by atoms with Crippen LogP contribution in [0.2, 0.25) is 0 Å². The van der Waals surface area contributed by atoms with Crippen LogP contribution in [0.4, 0.5) is 5.69 Å². The number of hydrogen-bond donors (Lipinski definition) is 1. The van der Waals surface area contributed by atoms with Crippen LogP contribution in [0.3, 0.4) is 0 Å². The molecule has 3 aromatic carbocycles. The van der Waals surface area contributed by atoms with Crippen LogP contribution >= 0.6 is 0 Å². The topological polar surface area (TPSA) is 75.7 Å². The molecule has 3 aromatic rings. The van der Waals surface area contributed by atoms with E-state index in [9.17, 15) is 13.2 Å². The summed E-state index contributed by atoms with van der Waals surface area (Å²) < 4.78 is 33.2. The molecule has 0 aliphatic heterocycles. The van der Waals surface area contributed by atoms with Crippen molar-refractivity contribution in [3.05, 3.63) is 90.0 Å². The van der Waals surface area contributed by atoms with E-state index >= 15 is 0 Å². The Morgan fingerprint density at radius 2 is 1.68 bits per heavy atom. The van der Waals surface area contributed by atoms with Crippen LogP contribution < -0.4 is 14.4 Å². The van der Waals surface area contributed by atoms with Gasteiger partial charge in [-0.1, -0.05) is 48.0 Å². The summed E-state index contributed by atoms with van der Waals surface area (Å²) in [6.45, 7) is 4.32. The Balaban J connectivity index is 1.79. The fourth-order valence-electron chi connectivity index (χ4n) is 3.04. The van der Waals surface area contributed by atoms with E-state index in [1.807, 2.05) is 50.2 Å². The number of sulfonamides is 1. The van der Waals surface area contributed by atoms with Crippen LogP contribution in [-0.4, -0.2) is 27.5 Å². The first kappa shape index (κ1) is 22.4. The predicted octanol–water partition coefficient (Wildman–Crippen LogP) is 3.91. The van der Waals surface area contributed by atoms with Gasteiger partial charge in [0.15, 0.2) is 0 Å². The summed E-state index contributed by atoms with van der Waals surface area (Å²) >= 11 is 0. The van der Waals surface area contributed by atoms with Crippen molar-refractivity contribution in [3.63, 3.8) is 0 Å². The zero-order valence-electron chi connectivity index (χ0n) is 17.6. The third-order valence-corrected chi connectivity index (χ3v) is 6.43. The highest BCUT2D eigenvalue weighted by molar-refractivity contribution is 7.92. The molecular weight excluding hydrogens is 412 g/mol. The molecule has 31 heavy (non-hydrogen) atoms. The number of carbonyl (C=O) groups is 1. The lowest BCUT2D eigenvalue weighted by atomic mass is 10.2. The molecule has 0 spiro atoms. The molecular formula is C24H26N2O4S. The average Bonchev–Trinajstić information content (AvgIpc) is 2.78. The number of anilines is 1. The molecule has 0 bridgehead atoms. The van der Waals surface area contributed by atoms with E-state index in [-0.39, 0.29) is 18.0 Å². The fraction of sp³-hybridized carbons (Fsp3) is 0.208. The van der Waals surface area contributed by atoms with Gasteiger partial charge >= 0.3 is 0 Å². The second kappa shape index (κ2) is 10.1. The van der Waals surface area contributed by atoms with E-state index in [1.165, 1.54) is 12.1 Å². The van der Waals surface area contributed by atoms with Gasteiger partial charge in [0.1, 0.15) is 12.3 Å². The molecule has 0 fully saturated rings. The molecule has 0 saturated heterocycles. The van der Waals surface area contributed by atoms with Crippen LogP contribution in [0, 0.1) is 6.92 Å². The van der Waals surface area contributed by atoms with Gasteiger partial charge in [-0.3, -0.25) is 9.10 Å². The molecule has 7 heteroatoms. The first-order chi connectivity index (χ1) is 14.9. The van der Waals surface area contributed by atoms with Crippen LogP contribution in [0.25, 0.3) is 0 Å². The molecule has 162 valence electrons. The van der Waals surface area contributed by atoms with Crippen molar-refractivity contribution in [1.29, 1.82) is 0 Å². The predicted molar refractivity (Wildman–Crippen MR) is 122 cm³/mol. The molecule has 0 radical (unpaired) electrons. The minimum Gasteiger partial charge on any atom is -0.494 e. The van der Waals surface area contributed by atoms with E-state index < -0.39 is 15.9 Å². The number of nitrogens with zero attached hydrogens (tertiary/aromatic N) is 1. The Bertz CT molecular complexity index is 1110. The Hall–Kier alpha value is -3.32. The highest BCUT2D eigenvalue weighted by atomic mass is 32.2. The lowest BCUT2D eigenvalue weighted by molar-refractivity contribution is -0.119. The minimum absolute atomic E-state index is 0.132. The Morgan fingerprint density at radius 1 is 0.968 bits per heavy atom. The van der Waals surface area contributed by atoms with Crippen molar-refractivity contribution in [2.45, 2.75) is 25.3 Å². The summed E-state index contributed by atoms with van der Waals surface area (Å²) in [6, 6.07) is 22.6. The normalized spacial score (nSPS) is 11.0. The maximum Gasteiger partial charge on any atom is 0.264 e. The summed E-state index contributed by atoms with van der Waals surface area (Å²) in [5.74, 6) is 0.323. The third kappa shape index (κ3) is 5.86. The molecule has 0 aliphatic rings. The molecule has 0 aliphatic carbocycles. The zero-order valence-corrected chi connectivity index (χ0v) is 18.4. The van der Waals surface area contributed by atoms with Gasteiger partial charge in [0, 0.05) is 6.54 Å². The van der Waals surface area contributed by atoms with Gasteiger partial charge in [-0.15, -0.1) is 0 Å². The monoisotopic (exact) mass is 438 g/mol. The number of ether oxygens (including phenoxy) is 1. The second-order valence-corrected chi connectivity index (χ2v) is 8.88. The summed E-state index contributed by atoms with van der Waals surface area (Å²) in [5.41, 5.74) is 2.30. The summed E-state index contributed by atoms with van der Waals surface area (Å²) in [4.78, 5) is 12.8. The molecule has 0 unspecified atom stereocenters. The van der Waals surface area contributed by atoms with Gasteiger partial charge in [0.05, 0.1) is 17.2 Å². The number of hydrogen-bond acceptors (Lipinski definition) is 4. The maximum atomic E-state index is 13.3. The van der Waals surface area contributed by atoms with E-state index in [0.717, 1.165) is 21.2 Å². The van der Waals surface area contributed by atoms with Crippen molar-refractivity contribution in [2.24, 2.45) is 0 Å². The Labute approximate surface area is 183 Å². The number of nitrogens with one attached hydrogen (secondary N) is 1. The van der Waals surface area contributed by atoms with Crippen molar-refractivity contribution >= 4 is 21.6 Å². The molecule has 1 amide bonds. The lowest BCUT2D eigenvalue weighted by Crippen LogP contribution is -2.40. The summed E-state index contributed by atoms with van der Waals surface area (Å²) in [5, 5.41) is 2.80. The largest absolute Gasteiger partial charge is 0.494 e. The van der Waals surface area contributed by atoms with Gasteiger partial charge in [-0.25, -0.2) is 8.42 Å². The molecule has 3 rings (SSSR count). The van der Waals surface area contributed by atoms with E-state index in [4.69, 9.17) is 4.74 Å². The van der Waals surface area contributed by atoms with Crippen LogP contribution in [0.1, 0.15) is 18.1 Å². The molecule has 6 nitrogen and oxygen atoms in total. The van der Waals surface area contributed by atoms with Gasteiger partial charge in [-0.05, 0) is 55.8 Å². The number of amides is 1. The fourth-order valence-corrected chi connectivity index (χ4v) is 4.49. The van der Waals surface area contributed by atoms with Gasteiger partial charge < -0.3 is 10.1 Å². The van der Waals surface area contributed by atoms with Gasteiger partial charge in [0.25, 0.3) is 10.0 Å². The van der Waals surface area contributed by atoms with E-state index in [0.29, 0.717) is 12.3 Å². The van der Waals surface area contributed by atoms with E-state index in [1.54, 1.807) is 30.3 Å². The minimum atomic E-state index is -3.91. The SMILES string of the molecule is CCOc1cccc(CNC(=O)CN(c2ccc(C)cc2)S(=O)(=O)c2ccccc2)c1. The quantitative estimate of drug-likeness (QED) is 0.550. The third-order valence-electron chi connectivity index (χ3n) is 4.64. The van der Waals surface area contributed by atoms with Crippen molar-refractivity contribution < 1.29 is 17.9 Å². The summed E-state index contributed by atoms with van der Waals surface area (Å²) in [6.07, 6.45) is 0. The molecule has 0 saturated carbocycles. The highest BCUT2D eigenvalue weighted by Crippen LogP contribution is 2.24. The molecule has 0 atom stereocenters. The van der Waals surface area contributed by atoms with Crippen molar-refractivity contribution in [2.75, 3.05) is 17.5 Å².